The molecule has 0 bridgehead atoms. The van der Waals surface area contributed by atoms with Gasteiger partial charge in [-0.2, -0.15) is 5.21 Å². The molecule has 0 saturated heterocycles. The summed E-state index contributed by atoms with van der Waals surface area (Å²) < 4.78 is 0. The van der Waals surface area contributed by atoms with Gasteiger partial charge in [-0.3, -0.25) is 0 Å². The largest absolute Gasteiger partial charge is 0.301 e. The Morgan fingerprint density at radius 1 is 1.64 bits per heavy atom. The Hall–Kier alpha value is -1.34. The molecule has 0 radical (unpaired) electrons. The van der Waals surface area contributed by atoms with E-state index in [9.17, 15) is 0 Å². The number of hydrogen-bond donors (Lipinski definition) is 2. The summed E-state index contributed by atoms with van der Waals surface area (Å²) in [4.78, 5) is 4.16. The average molecular weight is 210 g/mol. The quantitative estimate of drug-likeness (QED) is 0.768. The Morgan fingerprint density at radius 3 is 3.21 bits per heavy atom. The second-order valence-corrected chi connectivity index (χ2v) is 3.78. The number of H-pyrrole nitrogens is 1. The first-order chi connectivity index (χ1) is 6.86. The standard InChI is InChI=1S/C7H10N6S/c1-5(7-10-12-13-11-7)9-4-6-8-2-3-14-6/h2-3,5,9H,4H2,1H3,(H,10,11,12,13). The molecule has 0 fully saturated rings. The van der Waals surface area contributed by atoms with Crippen molar-refractivity contribution in [2.45, 2.75) is 19.5 Å². The third-order valence-electron chi connectivity index (χ3n) is 1.79. The predicted octanol–water partition coefficient (Wildman–Crippen LogP) is 0.507. The van der Waals surface area contributed by atoms with Crippen molar-refractivity contribution in [1.29, 1.82) is 0 Å². The minimum atomic E-state index is 0.0812. The third kappa shape index (κ3) is 2.12. The maximum absolute atomic E-state index is 4.16. The van der Waals surface area contributed by atoms with E-state index in [1.165, 1.54) is 0 Å². The van der Waals surface area contributed by atoms with E-state index < -0.39 is 0 Å². The van der Waals surface area contributed by atoms with Crippen LogP contribution >= 0.6 is 11.3 Å². The SMILES string of the molecule is CC(NCc1nccs1)c1nn[nH]n1. The molecule has 2 aromatic rings. The average Bonchev–Trinajstić information content (AvgIpc) is 2.87. The molecule has 6 nitrogen and oxygen atoms in total. The minimum absolute atomic E-state index is 0.0812. The van der Waals surface area contributed by atoms with Crippen molar-refractivity contribution in [1.82, 2.24) is 30.9 Å². The van der Waals surface area contributed by atoms with Gasteiger partial charge in [-0.1, -0.05) is 5.21 Å². The van der Waals surface area contributed by atoms with Crippen LogP contribution in [-0.4, -0.2) is 25.6 Å². The fourth-order valence-electron chi connectivity index (χ4n) is 1.02. The van der Waals surface area contributed by atoms with Crippen LogP contribution in [0.3, 0.4) is 0 Å². The Bertz CT molecular complexity index is 355. The van der Waals surface area contributed by atoms with Crippen LogP contribution in [0.1, 0.15) is 23.8 Å². The predicted molar refractivity (Wildman–Crippen MR) is 51.5 cm³/mol. The molecule has 74 valence electrons. The van der Waals surface area contributed by atoms with Crippen LogP contribution in [0.5, 0.6) is 0 Å². The number of tetrazole rings is 1. The normalized spacial score (nSPS) is 12.9. The van der Waals surface area contributed by atoms with Gasteiger partial charge in [0.25, 0.3) is 0 Å². The number of hydrogen-bond acceptors (Lipinski definition) is 6. The fourth-order valence-corrected chi connectivity index (χ4v) is 1.59. The molecule has 0 aliphatic carbocycles. The van der Waals surface area contributed by atoms with Gasteiger partial charge >= 0.3 is 0 Å². The van der Waals surface area contributed by atoms with Gasteiger partial charge in [-0.05, 0) is 6.92 Å². The van der Waals surface area contributed by atoms with E-state index in [0.717, 1.165) is 11.6 Å². The molecule has 2 rings (SSSR count). The lowest BCUT2D eigenvalue weighted by Crippen LogP contribution is -2.19. The molecule has 1 atom stereocenters. The van der Waals surface area contributed by atoms with Crippen LogP contribution in [0.2, 0.25) is 0 Å². The Kier molecular flexibility index (Phi) is 2.80. The van der Waals surface area contributed by atoms with Gasteiger partial charge in [0.05, 0.1) is 6.04 Å². The number of rotatable bonds is 4. The summed E-state index contributed by atoms with van der Waals surface area (Å²) in [6.45, 7) is 2.71. The van der Waals surface area contributed by atoms with Crippen LogP contribution in [-0.2, 0) is 6.54 Å². The van der Waals surface area contributed by atoms with Gasteiger partial charge in [0, 0.05) is 18.1 Å². The van der Waals surface area contributed by atoms with E-state index in [0.29, 0.717) is 5.82 Å². The van der Waals surface area contributed by atoms with Gasteiger partial charge < -0.3 is 5.32 Å². The third-order valence-corrected chi connectivity index (χ3v) is 2.57. The van der Waals surface area contributed by atoms with E-state index in [-0.39, 0.29) is 6.04 Å². The van der Waals surface area contributed by atoms with Crippen LogP contribution in [0.15, 0.2) is 11.6 Å². The van der Waals surface area contributed by atoms with E-state index in [1.807, 2.05) is 12.3 Å². The summed E-state index contributed by atoms with van der Waals surface area (Å²) in [6, 6.07) is 0.0812. The van der Waals surface area contributed by atoms with Gasteiger partial charge in [0.2, 0.25) is 0 Å². The molecule has 0 amide bonds. The highest BCUT2D eigenvalue weighted by Crippen LogP contribution is 2.07. The molecule has 0 aliphatic rings. The molecule has 2 heterocycles. The summed E-state index contributed by atoms with van der Waals surface area (Å²) in [5.41, 5.74) is 0. The summed E-state index contributed by atoms with van der Waals surface area (Å²) in [5, 5.41) is 20.0. The number of aromatic nitrogens is 5. The number of nitrogens with one attached hydrogen (secondary N) is 2. The molecule has 2 N–H and O–H groups in total. The minimum Gasteiger partial charge on any atom is -0.301 e. The Labute approximate surface area is 84.8 Å². The fraction of sp³-hybridized carbons (Fsp3) is 0.429. The molecule has 0 saturated carbocycles. The molecule has 1 unspecified atom stereocenters. The second-order valence-electron chi connectivity index (χ2n) is 2.80. The molecule has 0 aliphatic heterocycles. The summed E-state index contributed by atoms with van der Waals surface area (Å²) in [6.07, 6.45) is 1.79. The number of aromatic amines is 1. The highest BCUT2D eigenvalue weighted by Gasteiger charge is 2.09. The van der Waals surface area contributed by atoms with Gasteiger partial charge in [0.1, 0.15) is 5.01 Å². The molecular weight excluding hydrogens is 200 g/mol. The van der Waals surface area contributed by atoms with E-state index in [4.69, 9.17) is 0 Å². The first-order valence-electron chi connectivity index (χ1n) is 4.21. The van der Waals surface area contributed by atoms with Crippen LogP contribution in [0, 0.1) is 0 Å². The lowest BCUT2D eigenvalue weighted by molar-refractivity contribution is 0.545. The zero-order valence-corrected chi connectivity index (χ0v) is 8.45. The summed E-state index contributed by atoms with van der Waals surface area (Å²) in [5.74, 6) is 0.668. The molecular formula is C7H10N6S. The van der Waals surface area contributed by atoms with E-state index in [1.54, 1.807) is 17.5 Å². The van der Waals surface area contributed by atoms with Gasteiger partial charge in [-0.25, -0.2) is 4.98 Å². The molecule has 0 spiro atoms. The van der Waals surface area contributed by atoms with E-state index >= 15 is 0 Å². The van der Waals surface area contributed by atoms with Crippen molar-refractivity contribution < 1.29 is 0 Å². The summed E-state index contributed by atoms with van der Waals surface area (Å²) in [7, 11) is 0. The van der Waals surface area contributed by atoms with Gasteiger partial charge in [0.15, 0.2) is 5.82 Å². The smallest absolute Gasteiger partial charge is 0.191 e. The maximum atomic E-state index is 4.16. The van der Waals surface area contributed by atoms with E-state index in [2.05, 4.69) is 30.9 Å². The second kappa shape index (κ2) is 4.25. The van der Waals surface area contributed by atoms with Gasteiger partial charge in [-0.15, -0.1) is 21.5 Å². The Morgan fingerprint density at radius 2 is 2.57 bits per heavy atom. The van der Waals surface area contributed by atoms with Crippen molar-refractivity contribution in [3.8, 4) is 0 Å². The monoisotopic (exact) mass is 210 g/mol. The molecule has 0 aromatic carbocycles. The first-order valence-corrected chi connectivity index (χ1v) is 5.09. The lowest BCUT2D eigenvalue weighted by atomic mass is 10.3. The maximum Gasteiger partial charge on any atom is 0.191 e. The zero-order chi connectivity index (χ0) is 9.80. The molecule has 2 aromatic heterocycles. The van der Waals surface area contributed by atoms with Crippen molar-refractivity contribution in [2.24, 2.45) is 0 Å². The summed E-state index contributed by atoms with van der Waals surface area (Å²) >= 11 is 1.62. The van der Waals surface area contributed by atoms with Crippen molar-refractivity contribution >= 4 is 11.3 Å². The molecule has 14 heavy (non-hydrogen) atoms. The van der Waals surface area contributed by atoms with Crippen LogP contribution < -0.4 is 5.32 Å². The number of nitrogens with zero attached hydrogens (tertiary/aromatic N) is 4. The Balaban J connectivity index is 1.87. The first kappa shape index (κ1) is 9.22. The van der Waals surface area contributed by atoms with Crippen LogP contribution in [0.25, 0.3) is 0 Å². The van der Waals surface area contributed by atoms with Crippen molar-refractivity contribution in [3.63, 3.8) is 0 Å². The molecule has 7 heteroatoms. The van der Waals surface area contributed by atoms with Crippen molar-refractivity contribution in [2.75, 3.05) is 0 Å². The highest BCUT2D eigenvalue weighted by molar-refractivity contribution is 7.09. The zero-order valence-electron chi connectivity index (χ0n) is 7.64. The van der Waals surface area contributed by atoms with Crippen molar-refractivity contribution in [3.05, 3.63) is 22.4 Å². The topological polar surface area (TPSA) is 79.4 Å². The lowest BCUT2D eigenvalue weighted by Gasteiger charge is -2.06. The van der Waals surface area contributed by atoms with Crippen LogP contribution in [0.4, 0.5) is 0 Å². The number of thiazole rings is 1. The highest BCUT2D eigenvalue weighted by atomic mass is 32.1.